The van der Waals surface area contributed by atoms with Gasteiger partial charge in [-0.1, -0.05) is 13.0 Å². The number of amides is 2. The lowest BCUT2D eigenvalue weighted by Gasteiger charge is -2.11. The molecule has 0 aliphatic rings. The monoisotopic (exact) mass is 360 g/mol. The van der Waals surface area contributed by atoms with Crippen molar-refractivity contribution < 1.29 is 14.3 Å². The lowest BCUT2D eigenvalue weighted by molar-refractivity contribution is 0.240. The molecule has 8 heteroatoms. The molecule has 0 aliphatic carbocycles. The van der Waals surface area contributed by atoms with Crippen LogP contribution in [-0.2, 0) is 19.5 Å². The maximum Gasteiger partial charge on any atom is 0.315 e. The quantitative estimate of drug-likeness (QED) is 0.740. The Morgan fingerprint density at radius 1 is 1.15 bits per heavy atom. The zero-order chi connectivity index (χ0) is 18.9. The van der Waals surface area contributed by atoms with Crippen LogP contribution in [0.1, 0.15) is 18.2 Å². The highest BCUT2D eigenvalue weighted by Crippen LogP contribution is 2.27. The van der Waals surface area contributed by atoms with Crippen LogP contribution in [0.5, 0.6) is 11.5 Å². The van der Waals surface area contributed by atoms with Gasteiger partial charge < -0.3 is 20.1 Å². The van der Waals surface area contributed by atoms with E-state index in [9.17, 15) is 9.59 Å². The first kappa shape index (κ1) is 19.3. The van der Waals surface area contributed by atoms with Crippen molar-refractivity contribution in [3.8, 4) is 11.5 Å². The molecular weight excluding hydrogens is 336 g/mol. The van der Waals surface area contributed by atoms with Gasteiger partial charge in [-0.15, -0.1) is 0 Å². The molecule has 2 N–H and O–H groups in total. The zero-order valence-corrected chi connectivity index (χ0v) is 15.2. The Morgan fingerprint density at radius 2 is 1.92 bits per heavy atom. The number of aryl methyl sites for hydroxylation is 1. The number of hydrogen-bond donors (Lipinski definition) is 2. The lowest BCUT2D eigenvalue weighted by atomic mass is 10.2. The summed E-state index contributed by atoms with van der Waals surface area (Å²) < 4.78 is 11.9. The van der Waals surface area contributed by atoms with Gasteiger partial charge in [0, 0.05) is 31.4 Å². The second kappa shape index (κ2) is 9.45. The summed E-state index contributed by atoms with van der Waals surface area (Å²) in [5.41, 5.74) is 1.52. The molecule has 0 saturated heterocycles. The van der Waals surface area contributed by atoms with E-state index in [0.717, 1.165) is 11.3 Å². The van der Waals surface area contributed by atoms with Crippen LogP contribution in [-0.4, -0.2) is 36.3 Å². The number of methoxy groups -OCH3 is 2. The molecule has 1 heterocycles. The largest absolute Gasteiger partial charge is 0.493 e. The fourth-order valence-corrected chi connectivity index (χ4v) is 2.35. The number of carbonyl (C=O) groups excluding carboxylic acids is 1. The molecule has 0 radical (unpaired) electrons. The predicted octanol–water partition coefficient (Wildman–Crippen LogP) is 1.32. The summed E-state index contributed by atoms with van der Waals surface area (Å²) in [5.74, 6) is 1.24. The Morgan fingerprint density at radius 3 is 2.58 bits per heavy atom. The minimum atomic E-state index is -0.314. The van der Waals surface area contributed by atoms with Gasteiger partial charge in [-0.2, -0.15) is 0 Å². The Bertz CT molecular complexity index is 804. The van der Waals surface area contributed by atoms with Crippen molar-refractivity contribution in [1.82, 2.24) is 20.2 Å². The summed E-state index contributed by atoms with van der Waals surface area (Å²) in [7, 11) is 3.13. The smallest absolute Gasteiger partial charge is 0.315 e. The Labute approximate surface area is 152 Å². The van der Waals surface area contributed by atoms with E-state index < -0.39 is 0 Å². The van der Waals surface area contributed by atoms with E-state index in [4.69, 9.17) is 9.47 Å². The molecule has 0 atom stereocenters. The number of rotatable bonds is 8. The molecule has 140 valence electrons. The van der Waals surface area contributed by atoms with Crippen molar-refractivity contribution >= 4 is 6.03 Å². The molecule has 8 nitrogen and oxygen atoms in total. The number of nitrogens with zero attached hydrogens (tertiary/aromatic N) is 2. The topological polar surface area (TPSA) is 94.5 Å². The van der Waals surface area contributed by atoms with Crippen molar-refractivity contribution in [3.63, 3.8) is 0 Å². The van der Waals surface area contributed by atoms with Crippen molar-refractivity contribution in [2.24, 2.45) is 0 Å². The predicted molar refractivity (Wildman–Crippen MR) is 97.7 cm³/mol. The molecule has 0 saturated carbocycles. The highest BCUT2D eigenvalue weighted by atomic mass is 16.5. The number of nitrogens with one attached hydrogen (secondary N) is 2. The van der Waals surface area contributed by atoms with E-state index >= 15 is 0 Å². The standard InChI is InChI=1S/C18H24N4O4/c1-4-14-10-17(23)22(12-21-14)8-7-19-18(24)20-11-13-5-6-15(25-2)16(9-13)26-3/h5-6,9-10,12H,4,7-8,11H2,1-3H3,(H2,19,20,24). The maximum atomic E-state index is 11.9. The van der Waals surface area contributed by atoms with Gasteiger partial charge in [0.15, 0.2) is 11.5 Å². The minimum absolute atomic E-state index is 0.121. The Balaban J connectivity index is 1.80. The number of ether oxygens (including phenoxy) is 2. The van der Waals surface area contributed by atoms with Crippen LogP contribution in [0.25, 0.3) is 0 Å². The van der Waals surface area contributed by atoms with E-state index in [0.29, 0.717) is 37.6 Å². The normalized spacial score (nSPS) is 10.3. The van der Waals surface area contributed by atoms with Crippen LogP contribution in [0.4, 0.5) is 4.79 Å². The van der Waals surface area contributed by atoms with Crippen LogP contribution < -0.4 is 25.7 Å². The first-order valence-electron chi connectivity index (χ1n) is 8.35. The van der Waals surface area contributed by atoms with Crippen molar-refractivity contribution in [1.29, 1.82) is 0 Å². The third-order valence-electron chi connectivity index (χ3n) is 3.84. The molecule has 0 aliphatic heterocycles. The van der Waals surface area contributed by atoms with Crippen molar-refractivity contribution in [2.75, 3.05) is 20.8 Å². The number of hydrogen-bond acceptors (Lipinski definition) is 5. The molecule has 1 aromatic heterocycles. The van der Waals surface area contributed by atoms with Gasteiger partial charge >= 0.3 is 6.03 Å². The molecule has 26 heavy (non-hydrogen) atoms. The van der Waals surface area contributed by atoms with Gasteiger partial charge in [-0.05, 0) is 24.1 Å². The maximum absolute atomic E-state index is 11.9. The number of urea groups is 1. The molecule has 2 aromatic rings. The van der Waals surface area contributed by atoms with Crippen LogP contribution in [0.2, 0.25) is 0 Å². The molecule has 2 rings (SSSR count). The summed E-state index contributed by atoms with van der Waals surface area (Å²) in [6.45, 7) is 2.97. The summed E-state index contributed by atoms with van der Waals surface area (Å²) in [4.78, 5) is 27.9. The van der Waals surface area contributed by atoms with Gasteiger partial charge in [0.25, 0.3) is 5.56 Å². The van der Waals surface area contributed by atoms with E-state index in [1.807, 2.05) is 13.0 Å². The summed E-state index contributed by atoms with van der Waals surface area (Å²) in [6.07, 6.45) is 2.22. The van der Waals surface area contributed by atoms with Gasteiger partial charge in [0.1, 0.15) is 0 Å². The zero-order valence-electron chi connectivity index (χ0n) is 15.2. The average molecular weight is 360 g/mol. The Hall–Kier alpha value is -3.03. The highest BCUT2D eigenvalue weighted by molar-refractivity contribution is 5.73. The van der Waals surface area contributed by atoms with E-state index in [1.54, 1.807) is 26.4 Å². The molecule has 1 aromatic carbocycles. The molecule has 0 bridgehead atoms. The lowest BCUT2D eigenvalue weighted by Crippen LogP contribution is -2.38. The Kier molecular flexibility index (Phi) is 7.02. The first-order valence-corrected chi connectivity index (χ1v) is 8.35. The minimum Gasteiger partial charge on any atom is -0.493 e. The second-order valence-electron chi connectivity index (χ2n) is 5.56. The second-order valence-corrected chi connectivity index (χ2v) is 5.56. The molecular formula is C18H24N4O4. The summed E-state index contributed by atoms with van der Waals surface area (Å²) in [5, 5.41) is 5.47. The molecule has 0 unspecified atom stereocenters. The van der Waals surface area contributed by atoms with Gasteiger partial charge in [0.2, 0.25) is 0 Å². The van der Waals surface area contributed by atoms with E-state index in [-0.39, 0.29) is 11.6 Å². The fraction of sp³-hybridized carbons (Fsp3) is 0.389. The van der Waals surface area contributed by atoms with E-state index in [2.05, 4.69) is 15.6 Å². The van der Waals surface area contributed by atoms with Crippen LogP contribution in [0.15, 0.2) is 35.4 Å². The van der Waals surface area contributed by atoms with Crippen LogP contribution in [0, 0.1) is 0 Å². The molecule has 0 fully saturated rings. The van der Waals surface area contributed by atoms with Gasteiger partial charge in [-0.3, -0.25) is 9.36 Å². The number of benzene rings is 1. The fourth-order valence-electron chi connectivity index (χ4n) is 2.35. The van der Waals surface area contributed by atoms with E-state index in [1.165, 1.54) is 17.0 Å². The highest BCUT2D eigenvalue weighted by Gasteiger charge is 2.06. The SMILES string of the molecule is CCc1cc(=O)n(CCNC(=O)NCc2ccc(OC)c(OC)c2)cn1. The number of aromatic nitrogens is 2. The van der Waals surface area contributed by atoms with Crippen molar-refractivity contribution in [2.45, 2.75) is 26.4 Å². The number of carbonyl (C=O) groups is 1. The molecule has 2 amide bonds. The third kappa shape index (κ3) is 5.23. The summed E-state index contributed by atoms with van der Waals surface area (Å²) in [6, 6.07) is 6.64. The van der Waals surface area contributed by atoms with Crippen molar-refractivity contribution in [3.05, 3.63) is 52.2 Å². The first-order chi connectivity index (χ1) is 12.6. The van der Waals surface area contributed by atoms with Gasteiger partial charge in [-0.25, -0.2) is 9.78 Å². The average Bonchev–Trinajstić information content (AvgIpc) is 2.67. The summed E-state index contributed by atoms with van der Waals surface area (Å²) >= 11 is 0. The van der Waals surface area contributed by atoms with Crippen LogP contribution in [0.3, 0.4) is 0 Å². The third-order valence-corrected chi connectivity index (χ3v) is 3.84. The van der Waals surface area contributed by atoms with Crippen LogP contribution >= 0.6 is 0 Å². The van der Waals surface area contributed by atoms with Gasteiger partial charge in [0.05, 0.1) is 20.5 Å². The molecule has 0 spiro atoms.